The van der Waals surface area contributed by atoms with E-state index in [0.717, 1.165) is 12.8 Å². The second-order valence-corrected chi connectivity index (χ2v) is 5.72. The van der Waals surface area contributed by atoms with Gasteiger partial charge in [-0.15, -0.1) is 0 Å². The Morgan fingerprint density at radius 1 is 0.789 bits per heavy atom. The Bertz CT molecular complexity index is 186. The summed E-state index contributed by atoms with van der Waals surface area (Å²) in [5.74, 6) is 0.315. The molecule has 0 aromatic rings. The summed E-state index contributed by atoms with van der Waals surface area (Å²) < 4.78 is 0. The Morgan fingerprint density at radius 2 is 1.26 bits per heavy atom. The van der Waals surface area contributed by atoms with Gasteiger partial charge in [-0.1, -0.05) is 90.6 Å². The van der Waals surface area contributed by atoms with Crippen LogP contribution in [-0.4, -0.2) is 5.11 Å². The molecular formula is C18H35O. The van der Waals surface area contributed by atoms with Gasteiger partial charge in [0, 0.05) is 6.42 Å². The quantitative estimate of drug-likeness (QED) is 0.257. The average molecular weight is 267 g/mol. The zero-order chi connectivity index (χ0) is 14.2. The molecule has 0 amide bonds. The molecule has 1 heteroatoms. The van der Waals surface area contributed by atoms with Crippen LogP contribution in [0.5, 0.6) is 0 Å². The topological polar surface area (TPSA) is 20.2 Å². The van der Waals surface area contributed by atoms with Crippen LogP contribution in [0.15, 0.2) is 12.3 Å². The van der Waals surface area contributed by atoms with Crippen LogP contribution in [-0.2, 0) is 0 Å². The van der Waals surface area contributed by atoms with Crippen molar-refractivity contribution in [3.8, 4) is 0 Å². The van der Waals surface area contributed by atoms with Gasteiger partial charge in [0.05, 0.1) is 5.76 Å². The lowest BCUT2D eigenvalue weighted by Gasteiger charge is -2.03. The van der Waals surface area contributed by atoms with Crippen molar-refractivity contribution in [2.45, 2.75) is 96.8 Å². The molecule has 0 aromatic carbocycles. The predicted octanol–water partition coefficient (Wildman–Crippen LogP) is 6.74. The van der Waals surface area contributed by atoms with Crippen molar-refractivity contribution in [3.05, 3.63) is 18.8 Å². The van der Waals surface area contributed by atoms with E-state index in [1.165, 1.54) is 77.0 Å². The standard InChI is InChI=1S/C18H35O/c1-3-4-5-6-7-8-9-10-11-12-13-14-15-16-17-18(2)19/h15,19H,2-14,16-17H2,1H3. The van der Waals surface area contributed by atoms with Crippen molar-refractivity contribution in [2.24, 2.45) is 0 Å². The Balaban J connectivity index is 2.93. The Morgan fingerprint density at radius 3 is 1.74 bits per heavy atom. The van der Waals surface area contributed by atoms with E-state index < -0.39 is 0 Å². The van der Waals surface area contributed by atoms with Gasteiger partial charge in [0.2, 0.25) is 0 Å². The number of hydrogen-bond acceptors (Lipinski definition) is 1. The summed E-state index contributed by atoms with van der Waals surface area (Å²) in [6, 6.07) is 0. The highest BCUT2D eigenvalue weighted by atomic mass is 16.3. The molecule has 0 aliphatic rings. The van der Waals surface area contributed by atoms with Crippen LogP contribution in [0.4, 0.5) is 0 Å². The Kier molecular flexibility index (Phi) is 15.2. The first-order chi connectivity index (χ1) is 9.27. The SMILES string of the molecule is C=C(O)CC[CH]CCCCCCCCCCCCC. The lowest BCUT2D eigenvalue weighted by atomic mass is 10.0. The molecule has 0 saturated carbocycles. The second-order valence-electron chi connectivity index (χ2n) is 5.72. The third-order valence-corrected chi connectivity index (χ3v) is 3.65. The summed E-state index contributed by atoms with van der Waals surface area (Å²) in [6.07, 6.45) is 20.7. The van der Waals surface area contributed by atoms with E-state index in [-0.39, 0.29) is 0 Å². The third kappa shape index (κ3) is 17.5. The molecule has 0 aliphatic carbocycles. The van der Waals surface area contributed by atoms with Gasteiger partial charge in [-0.05, 0) is 12.8 Å². The first-order valence-electron chi connectivity index (χ1n) is 8.45. The van der Waals surface area contributed by atoms with Crippen LogP contribution in [0, 0.1) is 6.42 Å². The van der Waals surface area contributed by atoms with Gasteiger partial charge in [0.15, 0.2) is 0 Å². The molecule has 0 bridgehead atoms. The van der Waals surface area contributed by atoms with Gasteiger partial charge in [-0.3, -0.25) is 0 Å². The van der Waals surface area contributed by atoms with Gasteiger partial charge in [-0.25, -0.2) is 0 Å². The first-order valence-corrected chi connectivity index (χ1v) is 8.45. The van der Waals surface area contributed by atoms with Gasteiger partial charge >= 0.3 is 0 Å². The van der Waals surface area contributed by atoms with E-state index in [0.29, 0.717) is 5.76 Å². The normalized spacial score (nSPS) is 10.8. The summed E-state index contributed by atoms with van der Waals surface area (Å²) >= 11 is 0. The molecule has 0 fully saturated rings. The maximum Gasteiger partial charge on any atom is 0.0851 e. The van der Waals surface area contributed by atoms with Crippen LogP contribution in [0.1, 0.15) is 96.8 Å². The highest BCUT2D eigenvalue weighted by Crippen LogP contribution is 2.13. The van der Waals surface area contributed by atoms with Crippen molar-refractivity contribution in [2.75, 3.05) is 0 Å². The van der Waals surface area contributed by atoms with Crippen molar-refractivity contribution in [1.82, 2.24) is 0 Å². The minimum Gasteiger partial charge on any atom is -0.513 e. The summed E-state index contributed by atoms with van der Waals surface area (Å²) in [4.78, 5) is 0. The monoisotopic (exact) mass is 267 g/mol. The molecular weight excluding hydrogens is 232 g/mol. The van der Waals surface area contributed by atoms with Crippen molar-refractivity contribution in [1.29, 1.82) is 0 Å². The van der Waals surface area contributed by atoms with E-state index >= 15 is 0 Å². The number of aliphatic hydroxyl groups excluding tert-OH is 1. The number of hydrogen-bond donors (Lipinski definition) is 1. The van der Waals surface area contributed by atoms with Gasteiger partial charge in [-0.2, -0.15) is 0 Å². The molecule has 1 radical (unpaired) electrons. The van der Waals surface area contributed by atoms with E-state index in [1.54, 1.807) is 0 Å². The van der Waals surface area contributed by atoms with Crippen molar-refractivity contribution < 1.29 is 5.11 Å². The summed E-state index contributed by atoms with van der Waals surface area (Å²) in [5.41, 5.74) is 0. The van der Waals surface area contributed by atoms with Crippen LogP contribution in [0.2, 0.25) is 0 Å². The Hall–Kier alpha value is -0.460. The minimum atomic E-state index is 0.315. The van der Waals surface area contributed by atoms with Crippen LogP contribution in [0.25, 0.3) is 0 Å². The molecule has 0 unspecified atom stereocenters. The maximum absolute atomic E-state index is 8.93. The molecule has 1 N–H and O–H groups in total. The molecule has 0 heterocycles. The summed E-state index contributed by atoms with van der Waals surface area (Å²) in [6.45, 7) is 5.77. The molecule has 19 heavy (non-hydrogen) atoms. The Labute approximate surface area is 121 Å². The van der Waals surface area contributed by atoms with Crippen molar-refractivity contribution >= 4 is 0 Å². The molecule has 0 spiro atoms. The maximum atomic E-state index is 8.93. The molecule has 0 atom stereocenters. The lowest BCUT2D eigenvalue weighted by Crippen LogP contribution is -1.84. The number of aliphatic hydroxyl groups is 1. The highest BCUT2D eigenvalue weighted by molar-refractivity contribution is 4.81. The predicted molar refractivity (Wildman–Crippen MR) is 86.4 cm³/mol. The number of unbranched alkanes of at least 4 members (excludes halogenated alkanes) is 13. The van der Waals surface area contributed by atoms with Crippen LogP contribution >= 0.6 is 0 Å². The third-order valence-electron chi connectivity index (χ3n) is 3.65. The van der Waals surface area contributed by atoms with E-state index in [2.05, 4.69) is 19.9 Å². The molecule has 0 aromatic heterocycles. The number of rotatable bonds is 15. The summed E-state index contributed by atoms with van der Waals surface area (Å²) in [5, 5.41) is 8.93. The second kappa shape index (κ2) is 15.6. The smallest absolute Gasteiger partial charge is 0.0851 e. The fourth-order valence-corrected chi connectivity index (χ4v) is 2.37. The fraction of sp³-hybridized carbons (Fsp3) is 0.833. The van der Waals surface area contributed by atoms with E-state index in [1.807, 2.05) is 0 Å². The van der Waals surface area contributed by atoms with E-state index in [4.69, 9.17) is 5.11 Å². The molecule has 113 valence electrons. The molecule has 0 aliphatic heterocycles. The zero-order valence-corrected chi connectivity index (χ0v) is 13.1. The zero-order valence-electron chi connectivity index (χ0n) is 13.1. The largest absolute Gasteiger partial charge is 0.513 e. The molecule has 1 nitrogen and oxygen atoms in total. The lowest BCUT2D eigenvalue weighted by molar-refractivity contribution is 0.390. The average Bonchev–Trinajstić information content (AvgIpc) is 2.39. The molecule has 0 saturated heterocycles. The van der Waals surface area contributed by atoms with Crippen molar-refractivity contribution in [3.63, 3.8) is 0 Å². The van der Waals surface area contributed by atoms with Gasteiger partial charge in [0.1, 0.15) is 0 Å². The highest BCUT2D eigenvalue weighted by Gasteiger charge is 1.94. The summed E-state index contributed by atoms with van der Waals surface area (Å²) in [7, 11) is 0. The van der Waals surface area contributed by atoms with Gasteiger partial charge in [0.25, 0.3) is 0 Å². The van der Waals surface area contributed by atoms with Crippen LogP contribution in [0.3, 0.4) is 0 Å². The molecule has 0 rings (SSSR count). The first kappa shape index (κ1) is 18.5. The van der Waals surface area contributed by atoms with E-state index in [9.17, 15) is 0 Å². The fourth-order valence-electron chi connectivity index (χ4n) is 2.37. The number of allylic oxidation sites excluding steroid dienone is 1. The minimum absolute atomic E-state index is 0.315. The van der Waals surface area contributed by atoms with Gasteiger partial charge < -0.3 is 5.11 Å². The van der Waals surface area contributed by atoms with Crippen LogP contribution < -0.4 is 0 Å².